The Balaban J connectivity index is 1.37. The van der Waals surface area contributed by atoms with Crippen molar-refractivity contribution in [2.24, 2.45) is 11.8 Å². The SMILES string of the molecule is O=C1[C@@H]2C3c4ccccc4C(c4ccccc43)[C@@H]2C(=O)N1N/C=C/c1cccc(O)c1. The highest BCUT2D eigenvalue weighted by Crippen LogP contribution is 2.60. The first-order valence-corrected chi connectivity index (χ1v) is 10.4. The minimum Gasteiger partial charge on any atom is -0.508 e. The summed E-state index contributed by atoms with van der Waals surface area (Å²) in [7, 11) is 0. The monoisotopic (exact) mass is 408 g/mol. The van der Waals surface area contributed by atoms with Gasteiger partial charge in [-0.05, 0) is 46.0 Å². The number of hydrogen-bond acceptors (Lipinski definition) is 4. The predicted octanol–water partition coefficient (Wildman–Crippen LogP) is 3.76. The molecule has 1 saturated heterocycles. The summed E-state index contributed by atoms with van der Waals surface area (Å²) in [6.07, 6.45) is 3.30. The van der Waals surface area contributed by atoms with Crippen LogP contribution in [0.5, 0.6) is 5.75 Å². The maximum atomic E-state index is 13.4. The second-order valence-electron chi connectivity index (χ2n) is 8.33. The fraction of sp³-hybridized carbons (Fsp3) is 0.154. The third-order valence-corrected chi connectivity index (χ3v) is 6.80. The van der Waals surface area contributed by atoms with Crippen LogP contribution in [0.3, 0.4) is 0 Å². The van der Waals surface area contributed by atoms with Gasteiger partial charge < -0.3 is 5.11 Å². The molecular formula is C26H20N2O3. The molecule has 3 aromatic rings. The lowest BCUT2D eigenvalue weighted by atomic mass is 9.55. The number of hydrogen-bond donors (Lipinski definition) is 2. The van der Waals surface area contributed by atoms with Crippen molar-refractivity contribution >= 4 is 17.9 Å². The van der Waals surface area contributed by atoms with Crippen LogP contribution in [0.15, 0.2) is 79.0 Å². The third kappa shape index (κ3) is 2.49. The molecular weight excluding hydrogens is 388 g/mol. The Morgan fingerprint density at radius 3 is 1.74 bits per heavy atom. The van der Waals surface area contributed by atoms with Crippen LogP contribution in [-0.2, 0) is 9.59 Å². The number of rotatable bonds is 3. The van der Waals surface area contributed by atoms with E-state index in [-0.39, 0.29) is 29.4 Å². The molecule has 3 aliphatic carbocycles. The fourth-order valence-electron chi connectivity index (χ4n) is 5.64. The Morgan fingerprint density at radius 1 is 0.742 bits per heavy atom. The Labute approximate surface area is 179 Å². The molecule has 5 heteroatoms. The van der Waals surface area contributed by atoms with E-state index >= 15 is 0 Å². The molecule has 152 valence electrons. The van der Waals surface area contributed by atoms with E-state index < -0.39 is 11.8 Å². The maximum Gasteiger partial charge on any atom is 0.253 e. The van der Waals surface area contributed by atoms with Gasteiger partial charge in [-0.1, -0.05) is 60.7 Å². The van der Waals surface area contributed by atoms with Crippen LogP contribution < -0.4 is 5.43 Å². The van der Waals surface area contributed by atoms with Crippen LogP contribution in [0.4, 0.5) is 0 Å². The molecule has 2 amide bonds. The highest BCUT2D eigenvalue weighted by atomic mass is 16.3. The number of benzene rings is 3. The normalized spacial score (nSPS) is 25.5. The van der Waals surface area contributed by atoms with Crippen LogP contribution in [-0.4, -0.2) is 21.9 Å². The van der Waals surface area contributed by atoms with E-state index in [1.165, 1.54) is 5.01 Å². The van der Waals surface area contributed by atoms with Crippen molar-refractivity contribution in [2.75, 3.05) is 0 Å². The van der Waals surface area contributed by atoms with Crippen LogP contribution >= 0.6 is 0 Å². The quantitative estimate of drug-likeness (QED) is 0.648. The summed E-state index contributed by atoms with van der Waals surface area (Å²) in [5.41, 5.74) is 8.30. The second-order valence-corrected chi connectivity index (χ2v) is 8.33. The number of carbonyl (C=O) groups is 2. The van der Waals surface area contributed by atoms with Crippen molar-refractivity contribution in [3.05, 3.63) is 107 Å². The van der Waals surface area contributed by atoms with E-state index in [2.05, 4.69) is 29.7 Å². The van der Waals surface area contributed by atoms with Gasteiger partial charge in [-0.15, -0.1) is 0 Å². The van der Waals surface area contributed by atoms with Gasteiger partial charge in [0.1, 0.15) is 5.75 Å². The molecule has 2 atom stereocenters. The van der Waals surface area contributed by atoms with Crippen molar-refractivity contribution in [1.29, 1.82) is 0 Å². The van der Waals surface area contributed by atoms with Crippen molar-refractivity contribution in [3.8, 4) is 5.75 Å². The second kappa shape index (κ2) is 6.57. The third-order valence-electron chi connectivity index (χ3n) is 6.80. The summed E-state index contributed by atoms with van der Waals surface area (Å²) in [5.74, 6) is -1.23. The lowest BCUT2D eigenvalue weighted by Gasteiger charge is -2.45. The standard InChI is InChI=1S/C26H20N2O3/c29-16-7-5-6-15(14-16)12-13-27-28-25(30)23-21-17-8-1-2-9-18(17)22(24(23)26(28)31)20-11-4-3-10-19(20)21/h1-14,21-24,27,29H/b13-12+/t21?,22?,23-,24+. The smallest absolute Gasteiger partial charge is 0.253 e. The van der Waals surface area contributed by atoms with E-state index in [4.69, 9.17) is 0 Å². The molecule has 2 N–H and O–H groups in total. The highest BCUT2D eigenvalue weighted by molar-refractivity contribution is 6.07. The van der Waals surface area contributed by atoms with E-state index in [1.54, 1.807) is 30.5 Å². The predicted molar refractivity (Wildman–Crippen MR) is 116 cm³/mol. The van der Waals surface area contributed by atoms with Gasteiger partial charge in [0.05, 0.1) is 11.8 Å². The summed E-state index contributed by atoms with van der Waals surface area (Å²) in [4.78, 5) is 26.8. The summed E-state index contributed by atoms with van der Waals surface area (Å²) in [5, 5.41) is 10.8. The van der Waals surface area contributed by atoms with Crippen molar-refractivity contribution in [1.82, 2.24) is 10.4 Å². The molecule has 1 fully saturated rings. The zero-order chi connectivity index (χ0) is 21.1. The Morgan fingerprint density at radius 2 is 1.26 bits per heavy atom. The van der Waals surface area contributed by atoms with E-state index in [0.29, 0.717) is 0 Å². The molecule has 4 aliphatic rings. The Bertz CT molecular complexity index is 1150. The average molecular weight is 408 g/mol. The minimum atomic E-state index is -0.399. The van der Waals surface area contributed by atoms with Crippen LogP contribution in [0.25, 0.3) is 6.08 Å². The average Bonchev–Trinajstić information content (AvgIpc) is 3.05. The topological polar surface area (TPSA) is 69.6 Å². The molecule has 0 radical (unpaired) electrons. The summed E-state index contributed by atoms with van der Waals surface area (Å²) >= 11 is 0. The van der Waals surface area contributed by atoms with E-state index in [9.17, 15) is 14.7 Å². The minimum absolute atomic E-state index is 0.110. The molecule has 31 heavy (non-hydrogen) atoms. The van der Waals surface area contributed by atoms with Gasteiger partial charge in [0.2, 0.25) is 0 Å². The van der Waals surface area contributed by atoms with E-state index in [1.807, 2.05) is 30.3 Å². The molecule has 5 nitrogen and oxygen atoms in total. The number of nitrogens with zero attached hydrogens (tertiary/aromatic N) is 1. The summed E-state index contributed by atoms with van der Waals surface area (Å²) < 4.78 is 0. The van der Waals surface area contributed by atoms with Crippen molar-refractivity contribution < 1.29 is 14.7 Å². The molecule has 0 aromatic heterocycles. The zero-order valence-electron chi connectivity index (χ0n) is 16.6. The van der Waals surface area contributed by atoms with E-state index in [0.717, 1.165) is 27.8 Å². The number of phenols is 1. The molecule has 3 aromatic carbocycles. The molecule has 7 rings (SSSR count). The lowest BCUT2D eigenvalue weighted by Crippen LogP contribution is -2.41. The van der Waals surface area contributed by atoms with Gasteiger partial charge in [0, 0.05) is 18.0 Å². The number of imide groups is 1. The van der Waals surface area contributed by atoms with Gasteiger partial charge >= 0.3 is 0 Å². The van der Waals surface area contributed by atoms with Gasteiger partial charge in [-0.2, -0.15) is 5.01 Å². The number of aromatic hydroxyl groups is 1. The number of carbonyl (C=O) groups excluding carboxylic acids is 2. The molecule has 1 heterocycles. The Kier molecular flexibility index (Phi) is 3.81. The Hall–Kier alpha value is -3.86. The summed E-state index contributed by atoms with van der Waals surface area (Å²) in [6, 6.07) is 23.2. The molecule has 0 saturated carbocycles. The van der Waals surface area contributed by atoms with Crippen molar-refractivity contribution in [3.63, 3.8) is 0 Å². The fourth-order valence-corrected chi connectivity index (χ4v) is 5.64. The first kappa shape index (κ1) is 18.0. The van der Waals surface area contributed by atoms with Crippen LogP contribution in [0, 0.1) is 11.8 Å². The molecule has 0 spiro atoms. The number of phenolic OH excluding ortho intramolecular Hbond substituents is 1. The molecule has 2 bridgehead atoms. The molecule has 1 aliphatic heterocycles. The first-order chi connectivity index (χ1) is 15.1. The first-order valence-electron chi connectivity index (χ1n) is 10.4. The highest BCUT2D eigenvalue weighted by Gasteiger charge is 2.61. The number of nitrogens with one attached hydrogen (secondary N) is 1. The number of hydrazine groups is 1. The maximum absolute atomic E-state index is 13.4. The molecule has 0 unspecified atom stereocenters. The summed E-state index contributed by atoms with van der Waals surface area (Å²) in [6.45, 7) is 0. The van der Waals surface area contributed by atoms with Gasteiger partial charge in [-0.25, -0.2) is 0 Å². The zero-order valence-corrected chi connectivity index (χ0v) is 16.6. The van der Waals surface area contributed by atoms with Crippen molar-refractivity contribution in [2.45, 2.75) is 11.8 Å². The van der Waals surface area contributed by atoms with Gasteiger partial charge in [0.25, 0.3) is 11.8 Å². The van der Waals surface area contributed by atoms with Gasteiger partial charge in [-0.3, -0.25) is 15.0 Å². The van der Waals surface area contributed by atoms with Crippen LogP contribution in [0.1, 0.15) is 39.7 Å². The largest absolute Gasteiger partial charge is 0.508 e. The van der Waals surface area contributed by atoms with Gasteiger partial charge in [0.15, 0.2) is 0 Å². The number of amides is 2. The van der Waals surface area contributed by atoms with Crippen LogP contribution in [0.2, 0.25) is 0 Å². The lowest BCUT2D eigenvalue weighted by molar-refractivity contribution is -0.142.